The molecule has 0 saturated carbocycles. The molecule has 0 amide bonds. The van der Waals surface area contributed by atoms with Crippen LogP contribution in [0.1, 0.15) is 27.9 Å². The van der Waals surface area contributed by atoms with Crippen LogP contribution in [-0.2, 0) is 19.7 Å². The number of aryl methyl sites for hydroxylation is 1. The number of rotatable bonds is 8. The first-order valence-electron chi connectivity index (χ1n) is 9.42. The third-order valence-corrected chi connectivity index (χ3v) is 4.92. The zero-order chi connectivity index (χ0) is 19.6. The zero-order valence-corrected chi connectivity index (χ0v) is 17.1. The SMILES string of the molecule is CCNC(=NCc1ccc(OCc2ccccc2)cc1)NCc1ncc(C)s1. The second kappa shape index (κ2) is 10.5. The molecule has 0 saturated heterocycles. The second-order valence-corrected chi connectivity index (χ2v) is 7.65. The van der Waals surface area contributed by atoms with Gasteiger partial charge in [0.05, 0.1) is 13.1 Å². The molecule has 3 rings (SSSR count). The summed E-state index contributed by atoms with van der Waals surface area (Å²) in [5, 5.41) is 7.66. The highest BCUT2D eigenvalue weighted by Crippen LogP contribution is 2.15. The van der Waals surface area contributed by atoms with Gasteiger partial charge in [0.25, 0.3) is 0 Å². The minimum atomic E-state index is 0.572. The molecular weight excluding hydrogens is 368 g/mol. The first-order valence-corrected chi connectivity index (χ1v) is 10.2. The summed E-state index contributed by atoms with van der Waals surface area (Å²) < 4.78 is 5.83. The molecule has 0 aliphatic rings. The molecule has 0 radical (unpaired) electrons. The highest BCUT2D eigenvalue weighted by molar-refractivity contribution is 7.11. The van der Waals surface area contributed by atoms with Gasteiger partial charge in [0.1, 0.15) is 17.4 Å². The first kappa shape index (κ1) is 19.9. The van der Waals surface area contributed by atoms with E-state index in [4.69, 9.17) is 4.74 Å². The lowest BCUT2D eigenvalue weighted by Gasteiger charge is -2.10. The van der Waals surface area contributed by atoms with Crippen molar-refractivity contribution in [1.29, 1.82) is 0 Å². The molecule has 1 aromatic heterocycles. The fraction of sp³-hybridized carbons (Fsp3) is 0.273. The summed E-state index contributed by atoms with van der Waals surface area (Å²) in [5.74, 6) is 1.65. The van der Waals surface area contributed by atoms with Crippen LogP contribution in [0.3, 0.4) is 0 Å². The maximum Gasteiger partial charge on any atom is 0.191 e. The molecule has 0 fully saturated rings. The molecule has 3 aromatic rings. The average molecular weight is 395 g/mol. The Morgan fingerprint density at radius 1 is 1.04 bits per heavy atom. The monoisotopic (exact) mass is 394 g/mol. The summed E-state index contributed by atoms with van der Waals surface area (Å²) in [7, 11) is 0. The normalized spacial score (nSPS) is 11.3. The predicted molar refractivity (Wildman–Crippen MR) is 116 cm³/mol. The Morgan fingerprint density at radius 3 is 2.50 bits per heavy atom. The molecule has 5 nitrogen and oxygen atoms in total. The summed E-state index contributed by atoms with van der Waals surface area (Å²) in [4.78, 5) is 10.2. The Labute approximate surface area is 170 Å². The summed E-state index contributed by atoms with van der Waals surface area (Å²) in [6.07, 6.45) is 1.90. The van der Waals surface area contributed by atoms with E-state index in [1.165, 1.54) is 4.88 Å². The lowest BCUT2D eigenvalue weighted by atomic mass is 10.2. The van der Waals surface area contributed by atoms with E-state index in [1.54, 1.807) is 11.3 Å². The minimum absolute atomic E-state index is 0.572. The number of thiazole rings is 1. The van der Waals surface area contributed by atoms with Crippen LogP contribution in [0.4, 0.5) is 0 Å². The third-order valence-electron chi connectivity index (χ3n) is 4.01. The van der Waals surface area contributed by atoms with E-state index in [1.807, 2.05) is 36.5 Å². The Morgan fingerprint density at radius 2 is 1.82 bits per heavy atom. The van der Waals surface area contributed by atoms with Crippen LogP contribution in [0, 0.1) is 6.92 Å². The maximum absolute atomic E-state index is 5.83. The number of aromatic nitrogens is 1. The Hall–Kier alpha value is -2.86. The molecule has 0 unspecified atom stereocenters. The average Bonchev–Trinajstić information content (AvgIpc) is 3.15. The quantitative estimate of drug-likeness (QED) is 0.442. The number of aliphatic imine (C=N–C) groups is 1. The van der Waals surface area contributed by atoms with Gasteiger partial charge in [-0.15, -0.1) is 11.3 Å². The van der Waals surface area contributed by atoms with Crippen molar-refractivity contribution in [2.75, 3.05) is 6.54 Å². The summed E-state index contributed by atoms with van der Waals surface area (Å²) in [6, 6.07) is 18.3. The molecule has 0 atom stereocenters. The van der Waals surface area contributed by atoms with E-state index < -0.39 is 0 Å². The van der Waals surface area contributed by atoms with Crippen molar-refractivity contribution in [2.24, 2.45) is 4.99 Å². The molecular formula is C22H26N4OS. The van der Waals surface area contributed by atoms with Crippen LogP contribution in [0.15, 0.2) is 65.8 Å². The summed E-state index contributed by atoms with van der Waals surface area (Å²) >= 11 is 1.70. The fourth-order valence-corrected chi connectivity index (χ4v) is 3.31. The van der Waals surface area contributed by atoms with Gasteiger partial charge in [-0.25, -0.2) is 9.98 Å². The van der Waals surface area contributed by atoms with Gasteiger partial charge in [0.2, 0.25) is 0 Å². The van der Waals surface area contributed by atoms with E-state index in [-0.39, 0.29) is 0 Å². The van der Waals surface area contributed by atoms with E-state index in [2.05, 4.69) is 58.7 Å². The highest BCUT2D eigenvalue weighted by atomic mass is 32.1. The van der Waals surface area contributed by atoms with Crippen molar-refractivity contribution < 1.29 is 4.74 Å². The van der Waals surface area contributed by atoms with Crippen LogP contribution < -0.4 is 15.4 Å². The third kappa shape index (κ3) is 6.39. The van der Waals surface area contributed by atoms with Gasteiger partial charge in [-0.05, 0) is 37.1 Å². The number of guanidine groups is 1. The number of nitrogens with zero attached hydrogens (tertiary/aromatic N) is 2. The van der Waals surface area contributed by atoms with Crippen LogP contribution in [-0.4, -0.2) is 17.5 Å². The first-order chi connectivity index (χ1) is 13.7. The Kier molecular flexibility index (Phi) is 7.44. The van der Waals surface area contributed by atoms with Crippen molar-refractivity contribution in [3.63, 3.8) is 0 Å². The molecule has 2 aromatic carbocycles. The molecule has 0 spiro atoms. The molecule has 0 aliphatic heterocycles. The molecule has 6 heteroatoms. The smallest absolute Gasteiger partial charge is 0.191 e. The van der Waals surface area contributed by atoms with Crippen LogP contribution in [0.5, 0.6) is 5.75 Å². The Bertz CT molecular complexity index is 875. The number of hydrogen-bond acceptors (Lipinski definition) is 4. The lowest BCUT2D eigenvalue weighted by Crippen LogP contribution is -2.36. The van der Waals surface area contributed by atoms with E-state index in [0.717, 1.165) is 34.4 Å². The molecule has 146 valence electrons. The predicted octanol–water partition coefficient (Wildman–Crippen LogP) is 4.29. The van der Waals surface area contributed by atoms with E-state index >= 15 is 0 Å². The fourth-order valence-electron chi connectivity index (χ4n) is 2.59. The van der Waals surface area contributed by atoms with Gasteiger partial charge in [-0.3, -0.25) is 0 Å². The van der Waals surface area contributed by atoms with Crippen LogP contribution >= 0.6 is 11.3 Å². The number of hydrogen-bond donors (Lipinski definition) is 2. The van der Waals surface area contributed by atoms with E-state index in [9.17, 15) is 0 Å². The highest BCUT2D eigenvalue weighted by Gasteiger charge is 2.02. The summed E-state index contributed by atoms with van der Waals surface area (Å²) in [6.45, 7) is 6.79. The van der Waals surface area contributed by atoms with Crippen LogP contribution in [0.25, 0.3) is 0 Å². The molecule has 0 aliphatic carbocycles. The van der Waals surface area contributed by atoms with E-state index in [0.29, 0.717) is 19.7 Å². The van der Waals surface area contributed by atoms with Crippen molar-refractivity contribution in [3.05, 3.63) is 81.8 Å². The van der Waals surface area contributed by atoms with Crippen molar-refractivity contribution in [3.8, 4) is 5.75 Å². The number of benzene rings is 2. The molecule has 2 N–H and O–H groups in total. The lowest BCUT2D eigenvalue weighted by molar-refractivity contribution is 0.306. The minimum Gasteiger partial charge on any atom is -0.489 e. The molecule has 28 heavy (non-hydrogen) atoms. The van der Waals surface area contributed by atoms with Crippen molar-refractivity contribution >= 4 is 17.3 Å². The Balaban J connectivity index is 1.51. The number of nitrogens with one attached hydrogen (secondary N) is 2. The largest absolute Gasteiger partial charge is 0.489 e. The number of ether oxygens (including phenoxy) is 1. The zero-order valence-electron chi connectivity index (χ0n) is 16.3. The maximum atomic E-state index is 5.83. The van der Waals surface area contributed by atoms with Gasteiger partial charge in [0.15, 0.2) is 5.96 Å². The van der Waals surface area contributed by atoms with Gasteiger partial charge >= 0.3 is 0 Å². The van der Waals surface area contributed by atoms with Gasteiger partial charge in [-0.1, -0.05) is 42.5 Å². The van der Waals surface area contributed by atoms with Gasteiger partial charge in [-0.2, -0.15) is 0 Å². The second-order valence-electron chi connectivity index (χ2n) is 6.33. The van der Waals surface area contributed by atoms with Crippen molar-refractivity contribution in [2.45, 2.75) is 33.5 Å². The molecule has 0 bridgehead atoms. The summed E-state index contributed by atoms with van der Waals surface area (Å²) in [5.41, 5.74) is 2.29. The van der Waals surface area contributed by atoms with Crippen molar-refractivity contribution in [1.82, 2.24) is 15.6 Å². The van der Waals surface area contributed by atoms with Gasteiger partial charge < -0.3 is 15.4 Å². The van der Waals surface area contributed by atoms with Crippen LogP contribution in [0.2, 0.25) is 0 Å². The topological polar surface area (TPSA) is 58.5 Å². The molecule has 1 heterocycles. The van der Waals surface area contributed by atoms with Gasteiger partial charge in [0, 0.05) is 17.6 Å². The standard InChI is InChI=1S/C22H26N4OS/c1-3-23-22(26-15-21-24-13-17(2)28-21)25-14-18-9-11-20(12-10-18)27-16-19-7-5-4-6-8-19/h4-13H,3,14-16H2,1-2H3,(H2,23,25,26).